The van der Waals surface area contributed by atoms with E-state index in [1.807, 2.05) is 12.1 Å². The highest BCUT2D eigenvalue weighted by Gasteiger charge is 2.18. The van der Waals surface area contributed by atoms with Gasteiger partial charge >= 0.3 is 0 Å². The zero-order valence-electron chi connectivity index (χ0n) is 11.7. The van der Waals surface area contributed by atoms with Crippen molar-refractivity contribution in [3.05, 3.63) is 30.7 Å². The number of rotatable bonds is 4. The first-order chi connectivity index (χ1) is 9.83. The van der Waals surface area contributed by atoms with Crippen molar-refractivity contribution in [3.63, 3.8) is 0 Å². The van der Waals surface area contributed by atoms with Gasteiger partial charge in [-0.2, -0.15) is 0 Å². The third-order valence-corrected chi connectivity index (χ3v) is 3.96. The lowest BCUT2D eigenvalue weighted by Gasteiger charge is -2.32. The lowest BCUT2D eigenvalue weighted by atomic mass is 10.0. The van der Waals surface area contributed by atoms with Crippen molar-refractivity contribution in [2.24, 2.45) is 0 Å². The van der Waals surface area contributed by atoms with E-state index in [1.165, 1.54) is 32.2 Å². The Balaban J connectivity index is 1.58. The molecule has 1 aromatic heterocycles. The molecule has 5 nitrogen and oxygen atoms in total. The quantitative estimate of drug-likeness (QED) is 0.927. The van der Waals surface area contributed by atoms with Crippen LogP contribution in [0.1, 0.15) is 19.3 Å². The Morgan fingerprint density at radius 2 is 2.15 bits per heavy atom. The number of anilines is 1. The lowest BCUT2D eigenvalue weighted by Crippen LogP contribution is -2.40. The van der Waals surface area contributed by atoms with Crippen LogP contribution in [0.3, 0.4) is 0 Å². The first-order valence-corrected chi connectivity index (χ1v) is 7.13. The van der Waals surface area contributed by atoms with E-state index in [4.69, 9.17) is 4.42 Å². The fourth-order valence-electron chi connectivity index (χ4n) is 2.67. The summed E-state index contributed by atoms with van der Waals surface area (Å²) in [5.41, 5.74) is 2.08. The maximum Gasteiger partial charge on any atom is 0.247 e. The van der Waals surface area contributed by atoms with Crippen LogP contribution in [0.4, 0.5) is 5.69 Å². The molecule has 2 aromatic rings. The highest BCUT2D eigenvalue weighted by Crippen LogP contribution is 2.20. The second-order valence-electron chi connectivity index (χ2n) is 5.33. The standard InChI is InChI=1S/C15H20N4O/c1-19-9-3-2-4-14(19)10-16-13-7-5-12(6-8-13)15-18-17-11-20-15/h5-8,11,14,16H,2-4,9-10H2,1H3. The van der Waals surface area contributed by atoms with Crippen LogP contribution in [0, 0.1) is 0 Å². The number of hydrogen-bond acceptors (Lipinski definition) is 5. The molecular weight excluding hydrogens is 252 g/mol. The second-order valence-corrected chi connectivity index (χ2v) is 5.33. The van der Waals surface area contributed by atoms with Gasteiger partial charge in [0.1, 0.15) is 0 Å². The highest BCUT2D eigenvalue weighted by atomic mass is 16.4. The van der Waals surface area contributed by atoms with Crippen molar-refractivity contribution in [1.29, 1.82) is 0 Å². The van der Waals surface area contributed by atoms with Crippen LogP contribution in [-0.4, -0.2) is 41.3 Å². The van der Waals surface area contributed by atoms with Crippen molar-refractivity contribution in [1.82, 2.24) is 15.1 Å². The van der Waals surface area contributed by atoms with Crippen LogP contribution in [0.2, 0.25) is 0 Å². The maximum atomic E-state index is 5.18. The number of hydrogen-bond donors (Lipinski definition) is 1. The summed E-state index contributed by atoms with van der Waals surface area (Å²) in [6.07, 6.45) is 5.29. The molecule has 1 N–H and O–H groups in total. The zero-order chi connectivity index (χ0) is 13.8. The molecule has 106 valence electrons. The molecule has 1 unspecified atom stereocenters. The lowest BCUT2D eigenvalue weighted by molar-refractivity contribution is 0.194. The number of aromatic nitrogens is 2. The second kappa shape index (κ2) is 6.05. The summed E-state index contributed by atoms with van der Waals surface area (Å²) < 4.78 is 5.18. The molecule has 0 aliphatic carbocycles. The van der Waals surface area contributed by atoms with Gasteiger partial charge in [0, 0.05) is 23.8 Å². The molecule has 1 fully saturated rings. The Morgan fingerprint density at radius 1 is 1.30 bits per heavy atom. The molecule has 0 radical (unpaired) electrons. The zero-order valence-corrected chi connectivity index (χ0v) is 11.7. The number of nitrogens with zero attached hydrogens (tertiary/aromatic N) is 3. The molecule has 0 saturated carbocycles. The third-order valence-electron chi connectivity index (χ3n) is 3.96. The Morgan fingerprint density at radius 3 is 2.85 bits per heavy atom. The number of nitrogens with one attached hydrogen (secondary N) is 1. The Hall–Kier alpha value is -1.88. The van der Waals surface area contributed by atoms with Crippen molar-refractivity contribution < 1.29 is 4.42 Å². The van der Waals surface area contributed by atoms with Crippen LogP contribution in [-0.2, 0) is 0 Å². The fourth-order valence-corrected chi connectivity index (χ4v) is 2.67. The van der Waals surface area contributed by atoms with Crippen LogP contribution >= 0.6 is 0 Å². The van der Waals surface area contributed by atoms with Gasteiger partial charge in [-0.1, -0.05) is 6.42 Å². The van der Waals surface area contributed by atoms with E-state index < -0.39 is 0 Å². The maximum absolute atomic E-state index is 5.18. The minimum atomic E-state index is 0.559. The van der Waals surface area contributed by atoms with E-state index in [0.717, 1.165) is 17.8 Å². The number of benzene rings is 1. The van der Waals surface area contributed by atoms with Gasteiger partial charge in [-0.25, -0.2) is 0 Å². The smallest absolute Gasteiger partial charge is 0.247 e. The average Bonchev–Trinajstić information content (AvgIpc) is 3.01. The van der Waals surface area contributed by atoms with Crippen molar-refractivity contribution >= 4 is 5.69 Å². The molecule has 0 amide bonds. The Labute approximate surface area is 119 Å². The molecule has 1 aliphatic heterocycles. The summed E-state index contributed by atoms with van der Waals surface area (Å²) in [4.78, 5) is 2.45. The molecule has 2 heterocycles. The Kier molecular flexibility index (Phi) is 3.97. The highest BCUT2D eigenvalue weighted by molar-refractivity contribution is 5.58. The van der Waals surface area contributed by atoms with E-state index in [9.17, 15) is 0 Å². The topological polar surface area (TPSA) is 54.2 Å². The Bertz CT molecular complexity index is 523. The van der Waals surface area contributed by atoms with Crippen molar-refractivity contribution in [2.45, 2.75) is 25.3 Å². The first kappa shape index (κ1) is 13.1. The van der Waals surface area contributed by atoms with Crippen LogP contribution < -0.4 is 5.32 Å². The molecule has 1 aromatic carbocycles. The molecule has 3 rings (SSSR count). The number of piperidine rings is 1. The molecule has 0 bridgehead atoms. The van der Waals surface area contributed by atoms with Crippen LogP contribution in [0.5, 0.6) is 0 Å². The molecule has 0 spiro atoms. The summed E-state index contributed by atoms with van der Waals surface area (Å²) in [7, 11) is 2.21. The third kappa shape index (κ3) is 2.99. The molecule has 5 heteroatoms. The van der Waals surface area contributed by atoms with E-state index in [0.29, 0.717) is 11.9 Å². The SMILES string of the molecule is CN1CCCCC1CNc1ccc(-c2nnco2)cc1. The summed E-state index contributed by atoms with van der Waals surface area (Å²) >= 11 is 0. The summed E-state index contributed by atoms with van der Waals surface area (Å²) in [6.45, 7) is 2.21. The predicted molar refractivity (Wildman–Crippen MR) is 78.5 cm³/mol. The van der Waals surface area contributed by atoms with Gasteiger partial charge in [0.25, 0.3) is 0 Å². The molecule has 20 heavy (non-hydrogen) atoms. The van der Waals surface area contributed by atoms with Crippen LogP contribution in [0.25, 0.3) is 11.5 Å². The number of likely N-dealkylation sites (tertiary alicyclic amines) is 1. The molecule has 1 saturated heterocycles. The molecule has 1 atom stereocenters. The first-order valence-electron chi connectivity index (χ1n) is 7.13. The van der Waals surface area contributed by atoms with E-state index >= 15 is 0 Å². The summed E-state index contributed by atoms with van der Waals surface area (Å²) in [6, 6.07) is 8.75. The monoisotopic (exact) mass is 272 g/mol. The molecule has 1 aliphatic rings. The summed E-state index contributed by atoms with van der Waals surface area (Å²) in [5.74, 6) is 0.559. The predicted octanol–water partition coefficient (Wildman–Crippen LogP) is 2.63. The van der Waals surface area contributed by atoms with Crippen molar-refractivity contribution in [3.8, 4) is 11.5 Å². The summed E-state index contributed by atoms with van der Waals surface area (Å²) in [5, 5.41) is 11.1. The van der Waals surface area contributed by atoms with Gasteiger partial charge in [-0.15, -0.1) is 10.2 Å². The molecular formula is C15H20N4O. The van der Waals surface area contributed by atoms with Gasteiger partial charge in [0.2, 0.25) is 12.3 Å². The van der Waals surface area contributed by atoms with E-state index in [1.54, 1.807) is 0 Å². The van der Waals surface area contributed by atoms with Gasteiger partial charge in [0.15, 0.2) is 0 Å². The average molecular weight is 272 g/mol. The van der Waals surface area contributed by atoms with Crippen LogP contribution in [0.15, 0.2) is 35.1 Å². The minimum Gasteiger partial charge on any atom is -0.423 e. The fraction of sp³-hybridized carbons (Fsp3) is 0.467. The normalized spacial score (nSPS) is 19.9. The minimum absolute atomic E-state index is 0.559. The van der Waals surface area contributed by atoms with Crippen molar-refractivity contribution in [2.75, 3.05) is 25.5 Å². The number of likely N-dealkylation sites (N-methyl/N-ethyl adjacent to an activating group) is 1. The van der Waals surface area contributed by atoms with Gasteiger partial charge in [-0.05, 0) is 50.7 Å². The largest absolute Gasteiger partial charge is 0.423 e. The van der Waals surface area contributed by atoms with Gasteiger partial charge in [-0.3, -0.25) is 0 Å². The van der Waals surface area contributed by atoms with Gasteiger partial charge < -0.3 is 14.6 Å². The van der Waals surface area contributed by atoms with E-state index in [2.05, 4.69) is 39.6 Å². The van der Waals surface area contributed by atoms with Gasteiger partial charge in [0.05, 0.1) is 0 Å². The van der Waals surface area contributed by atoms with E-state index in [-0.39, 0.29) is 0 Å².